The van der Waals surface area contributed by atoms with Gasteiger partial charge in [-0.15, -0.1) is 0 Å². The molecular weight excluding hydrogens is 153 g/mol. The van der Waals surface area contributed by atoms with E-state index in [9.17, 15) is 0 Å². The van der Waals surface area contributed by atoms with E-state index < -0.39 is 10.3 Å². The van der Waals surface area contributed by atoms with Gasteiger partial charge in [0.05, 0.1) is 0 Å². The third-order valence-corrected chi connectivity index (χ3v) is 0. The van der Waals surface area contributed by atoms with Crippen molar-refractivity contribution in [2.45, 2.75) is 0 Å². The molecule has 6 heteroatoms. The minimum absolute atomic E-state index is 0. The van der Waals surface area contributed by atoms with Crippen molar-refractivity contribution in [1.82, 2.24) is 0 Å². The molecule has 0 aromatic carbocycles. The van der Waals surface area contributed by atoms with Gasteiger partial charge >= 0.3 is 10.3 Å². The molecule has 0 heterocycles. The number of nitrogens with two attached hydrogens (primary N) is 1. The Morgan fingerprint density at radius 3 is 1.50 bits per heavy atom. The van der Waals surface area contributed by atoms with E-state index in [-0.39, 0.29) is 16.8 Å². The Kier molecular flexibility index (Phi) is 4.06. The normalized spacial score (nSPS) is 9.67. The van der Waals surface area contributed by atoms with Gasteiger partial charge in [-0.2, -0.15) is 8.42 Å². The average Bonchev–Trinajstić information content (AvgIpc) is 0.722. The van der Waals surface area contributed by atoms with Gasteiger partial charge in [-0.3, -0.25) is 4.55 Å². The third kappa shape index (κ3) is 352. The van der Waals surface area contributed by atoms with Crippen molar-refractivity contribution in [3.63, 3.8) is 0 Å². The monoisotopic (exact) mass is 156 g/mol. The molecule has 0 saturated carbocycles. The van der Waals surface area contributed by atoms with E-state index in [2.05, 4.69) is 5.14 Å². The Labute approximate surface area is 45.8 Å². The smallest absolute Gasteiger partial charge is 0.274 e. The van der Waals surface area contributed by atoms with Gasteiger partial charge in [0.25, 0.3) is 0 Å². The fraction of sp³-hybridized carbons (Fsp3) is 0. The van der Waals surface area contributed by atoms with Crippen LogP contribution in [0.2, 0.25) is 0 Å². The van der Waals surface area contributed by atoms with Crippen LogP contribution in [0.1, 0.15) is 0 Å². The van der Waals surface area contributed by atoms with E-state index in [1.165, 1.54) is 0 Å². The van der Waals surface area contributed by atoms with E-state index in [4.69, 9.17) is 13.0 Å². The van der Waals surface area contributed by atoms with Crippen LogP contribution in [0.3, 0.4) is 0 Å². The largest absolute Gasteiger partial charge is 0.330 e. The molecule has 0 fully saturated rings. The maximum absolute atomic E-state index is 8.97. The molecular formula is H3CoNO3S. The standard InChI is InChI=1S/Co.H3NO3S/c;1-5(2,3)4/h;(H3,1,2,3,4). The second-order valence-corrected chi connectivity index (χ2v) is 1.54. The van der Waals surface area contributed by atoms with Crippen molar-refractivity contribution in [3.8, 4) is 0 Å². The van der Waals surface area contributed by atoms with Gasteiger partial charge < -0.3 is 0 Å². The van der Waals surface area contributed by atoms with Crippen LogP contribution in [-0.4, -0.2) is 13.0 Å². The molecule has 3 N–H and O–H groups in total. The van der Waals surface area contributed by atoms with Crippen LogP contribution in [-0.2, 0) is 27.1 Å². The summed E-state index contributed by atoms with van der Waals surface area (Å²) in [5.41, 5.74) is 0. The Balaban J connectivity index is 0. The first-order valence-corrected chi connectivity index (χ1v) is 2.25. The topological polar surface area (TPSA) is 80.4 Å². The molecule has 0 amide bonds. The molecule has 0 rings (SSSR count). The quantitative estimate of drug-likeness (QED) is 0.430. The zero-order chi connectivity index (χ0) is 4.50. The molecule has 1 radical (unpaired) electrons. The fourth-order valence-corrected chi connectivity index (χ4v) is 0. The van der Waals surface area contributed by atoms with E-state index in [1.807, 2.05) is 0 Å². The summed E-state index contributed by atoms with van der Waals surface area (Å²) >= 11 is 0. The van der Waals surface area contributed by atoms with Crippen molar-refractivity contribution in [2.24, 2.45) is 5.14 Å². The predicted octanol–water partition coefficient (Wildman–Crippen LogP) is -1.25. The first-order valence-electron chi connectivity index (χ1n) is 0.752. The van der Waals surface area contributed by atoms with Crippen LogP contribution >= 0.6 is 0 Å². The molecule has 0 bridgehead atoms. The van der Waals surface area contributed by atoms with E-state index >= 15 is 0 Å². The molecule has 0 unspecified atom stereocenters. The second kappa shape index (κ2) is 2.53. The summed E-state index contributed by atoms with van der Waals surface area (Å²) < 4.78 is 25.2. The molecule has 4 nitrogen and oxygen atoms in total. The minimum Gasteiger partial charge on any atom is -0.274 e. The maximum Gasteiger partial charge on any atom is 0.330 e. The molecule has 0 aliphatic carbocycles. The van der Waals surface area contributed by atoms with Crippen molar-refractivity contribution in [2.75, 3.05) is 0 Å². The zero-order valence-corrected chi connectivity index (χ0v) is 4.44. The van der Waals surface area contributed by atoms with Gasteiger partial charge in [0.1, 0.15) is 0 Å². The molecule has 0 aromatic rings. The first kappa shape index (κ1) is 9.62. The summed E-state index contributed by atoms with van der Waals surface area (Å²) in [4.78, 5) is 0. The SMILES string of the molecule is NS(=O)(=O)O.[Co]. The van der Waals surface area contributed by atoms with Crippen LogP contribution < -0.4 is 5.14 Å². The fourth-order valence-electron chi connectivity index (χ4n) is 0. The molecule has 0 aliphatic rings. The number of rotatable bonds is 0. The summed E-state index contributed by atoms with van der Waals surface area (Å²) in [7, 11) is -4.17. The molecule has 6 heavy (non-hydrogen) atoms. The molecule has 0 aliphatic heterocycles. The van der Waals surface area contributed by atoms with Gasteiger partial charge in [0.15, 0.2) is 0 Å². The third-order valence-electron chi connectivity index (χ3n) is 0. The maximum atomic E-state index is 8.97. The number of hydrogen-bond donors (Lipinski definition) is 2. The van der Waals surface area contributed by atoms with E-state index in [1.54, 1.807) is 0 Å². The molecule has 0 aromatic heterocycles. The van der Waals surface area contributed by atoms with Crippen LogP contribution in [0.15, 0.2) is 0 Å². The zero-order valence-electron chi connectivity index (χ0n) is 2.58. The van der Waals surface area contributed by atoms with Gasteiger partial charge in [0.2, 0.25) is 0 Å². The van der Waals surface area contributed by atoms with Crippen LogP contribution in [0.25, 0.3) is 0 Å². The molecule has 0 saturated heterocycles. The summed E-state index contributed by atoms with van der Waals surface area (Å²) in [5, 5.41) is 3.88. The minimum atomic E-state index is -4.17. The summed E-state index contributed by atoms with van der Waals surface area (Å²) in [6.07, 6.45) is 0. The van der Waals surface area contributed by atoms with Crippen molar-refractivity contribution < 1.29 is 29.7 Å². The van der Waals surface area contributed by atoms with E-state index in [0.717, 1.165) is 0 Å². The number of hydrogen-bond acceptors (Lipinski definition) is 2. The van der Waals surface area contributed by atoms with Gasteiger partial charge in [-0.25, -0.2) is 5.14 Å². The van der Waals surface area contributed by atoms with Gasteiger partial charge in [-0.05, 0) is 0 Å². The van der Waals surface area contributed by atoms with Crippen molar-refractivity contribution in [3.05, 3.63) is 0 Å². The van der Waals surface area contributed by atoms with Crippen molar-refractivity contribution >= 4 is 10.3 Å². The Bertz CT molecular complexity index is 94.0. The van der Waals surface area contributed by atoms with Crippen LogP contribution in [0, 0.1) is 0 Å². The molecule has 0 atom stereocenters. The Hall–Kier alpha value is 0.376. The Morgan fingerprint density at radius 2 is 1.50 bits per heavy atom. The Morgan fingerprint density at radius 1 is 1.50 bits per heavy atom. The summed E-state index contributed by atoms with van der Waals surface area (Å²) in [6, 6.07) is 0. The molecule has 0 spiro atoms. The van der Waals surface area contributed by atoms with Gasteiger partial charge in [-0.1, -0.05) is 0 Å². The van der Waals surface area contributed by atoms with E-state index in [0.29, 0.717) is 0 Å². The van der Waals surface area contributed by atoms with Crippen molar-refractivity contribution in [1.29, 1.82) is 0 Å². The average molecular weight is 156 g/mol. The first-order chi connectivity index (χ1) is 2.00. The summed E-state index contributed by atoms with van der Waals surface area (Å²) in [6.45, 7) is 0. The summed E-state index contributed by atoms with van der Waals surface area (Å²) in [5.74, 6) is 0. The van der Waals surface area contributed by atoms with Gasteiger partial charge in [0, 0.05) is 16.8 Å². The van der Waals surface area contributed by atoms with Crippen LogP contribution in [0.4, 0.5) is 0 Å². The second-order valence-electron chi connectivity index (χ2n) is 0.515. The predicted molar refractivity (Wildman–Crippen MR) is 15.7 cm³/mol. The molecule has 41 valence electrons. The van der Waals surface area contributed by atoms with Crippen LogP contribution in [0.5, 0.6) is 0 Å².